The Bertz CT molecular complexity index is 457. The number of benzene rings is 1. The molecule has 0 saturated carbocycles. The number of rotatable bonds is 3. The maximum Gasteiger partial charge on any atom is 0.271 e. The SMILES string of the molecule is CC(=O)c1cc([N+](=O)[O-])cc(C(C)=O)c1O. The molecule has 84 valence electrons. The summed E-state index contributed by atoms with van der Waals surface area (Å²) in [5.74, 6) is -1.59. The number of non-ortho nitro benzene ring substituents is 1. The van der Waals surface area contributed by atoms with Gasteiger partial charge in [-0.05, 0) is 13.8 Å². The first-order valence-electron chi connectivity index (χ1n) is 4.38. The maximum absolute atomic E-state index is 11.1. The molecule has 1 N–H and O–H groups in total. The van der Waals surface area contributed by atoms with Crippen LogP contribution in [0.5, 0.6) is 5.75 Å². The van der Waals surface area contributed by atoms with Gasteiger partial charge in [-0.2, -0.15) is 0 Å². The van der Waals surface area contributed by atoms with Crippen molar-refractivity contribution in [2.24, 2.45) is 0 Å². The van der Waals surface area contributed by atoms with Crippen LogP contribution in [0, 0.1) is 10.1 Å². The minimum atomic E-state index is -0.724. The maximum atomic E-state index is 11.1. The summed E-state index contributed by atoms with van der Waals surface area (Å²) in [4.78, 5) is 32.1. The summed E-state index contributed by atoms with van der Waals surface area (Å²) >= 11 is 0. The Morgan fingerprint density at radius 2 is 1.56 bits per heavy atom. The van der Waals surface area contributed by atoms with E-state index in [1.807, 2.05) is 0 Å². The molecule has 0 aliphatic carbocycles. The summed E-state index contributed by atoms with van der Waals surface area (Å²) < 4.78 is 0. The fraction of sp³-hybridized carbons (Fsp3) is 0.200. The standard InChI is InChI=1S/C10H9NO5/c1-5(12)8-3-7(11(15)16)4-9(6(2)13)10(8)14/h3-4,14H,1-2H3. The summed E-state index contributed by atoms with van der Waals surface area (Å²) in [5, 5.41) is 20.1. The summed E-state index contributed by atoms with van der Waals surface area (Å²) in [6, 6.07) is 1.90. The number of phenols is 1. The van der Waals surface area contributed by atoms with Gasteiger partial charge in [-0.1, -0.05) is 0 Å². The highest BCUT2D eigenvalue weighted by Crippen LogP contribution is 2.29. The van der Waals surface area contributed by atoms with E-state index in [0.29, 0.717) is 0 Å². The van der Waals surface area contributed by atoms with E-state index in [9.17, 15) is 24.8 Å². The molecule has 1 rings (SSSR count). The van der Waals surface area contributed by atoms with Crippen LogP contribution in [-0.2, 0) is 0 Å². The van der Waals surface area contributed by atoms with Gasteiger partial charge >= 0.3 is 0 Å². The van der Waals surface area contributed by atoms with E-state index in [1.54, 1.807) is 0 Å². The van der Waals surface area contributed by atoms with E-state index in [4.69, 9.17) is 0 Å². The van der Waals surface area contributed by atoms with E-state index >= 15 is 0 Å². The minimum absolute atomic E-state index is 0.223. The fourth-order valence-corrected chi connectivity index (χ4v) is 1.26. The second-order valence-corrected chi connectivity index (χ2v) is 3.26. The molecule has 6 nitrogen and oxygen atoms in total. The lowest BCUT2D eigenvalue weighted by Crippen LogP contribution is -2.02. The lowest BCUT2D eigenvalue weighted by atomic mass is 10.0. The normalized spacial score (nSPS) is 9.88. The van der Waals surface area contributed by atoms with Crippen LogP contribution in [0.4, 0.5) is 5.69 Å². The lowest BCUT2D eigenvalue weighted by molar-refractivity contribution is -0.384. The van der Waals surface area contributed by atoms with Crippen LogP contribution in [0.1, 0.15) is 34.6 Å². The van der Waals surface area contributed by atoms with E-state index in [2.05, 4.69) is 0 Å². The van der Waals surface area contributed by atoms with Crippen molar-refractivity contribution in [3.63, 3.8) is 0 Å². The molecule has 0 spiro atoms. The minimum Gasteiger partial charge on any atom is -0.506 e. The van der Waals surface area contributed by atoms with Crippen LogP contribution in [0.3, 0.4) is 0 Å². The second-order valence-electron chi connectivity index (χ2n) is 3.26. The topological polar surface area (TPSA) is 97.5 Å². The van der Waals surface area contributed by atoms with Crippen molar-refractivity contribution in [1.29, 1.82) is 0 Å². The number of carbonyl (C=O) groups is 2. The number of hydrogen-bond acceptors (Lipinski definition) is 5. The number of aromatic hydroxyl groups is 1. The predicted molar refractivity (Wildman–Crippen MR) is 54.8 cm³/mol. The number of carbonyl (C=O) groups excluding carboxylic acids is 2. The first-order valence-corrected chi connectivity index (χ1v) is 4.38. The number of nitro benzene ring substituents is 1. The molecule has 16 heavy (non-hydrogen) atoms. The molecule has 0 heterocycles. The lowest BCUT2D eigenvalue weighted by Gasteiger charge is -2.05. The molecular formula is C10H9NO5. The molecule has 0 atom stereocenters. The van der Waals surface area contributed by atoms with Gasteiger partial charge in [-0.25, -0.2) is 0 Å². The summed E-state index contributed by atoms with van der Waals surface area (Å²) in [6.07, 6.45) is 0. The smallest absolute Gasteiger partial charge is 0.271 e. The van der Waals surface area contributed by atoms with E-state index in [0.717, 1.165) is 26.0 Å². The highest BCUT2D eigenvalue weighted by atomic mass is 16.6. The van der Waals surface area contributed by atoms with Crippen molar-refractivity contribution < 1.29 is 19.6 Å². The van der Waals surface area contributed by atoms with Gasteiger partial charge in [0.2, 0.25) is 0 Å². The van der Waals surface area contributed by atoms with Crippen LogP contribution < -0.4 is 0 Å². The molecule has 0 bridgehead atoms. The largest absolute Gasteiger partial charge is 0.506 e. The van der Waals surface area contributed by atoms with Crippen LogP contribution >= 0.6 is 0 Å². The van der Waals surface area contributed by atoms with Crippen molar-refractivity contribution in [2.45, 2.75) is 13.8 Å². The average Bonchev–Trinajstić information content (AvgIpc) is 2.16. The zero-order chi connectivity index (χ0) is 12.5. The highest BCUT2D eigenvalue weighted by molar-refractivity contribution is 6.04. The predicted octanol–water partition coefficient (Wildman–Crippen LogP) is 1.71. The molecule has 1 aromatic carbocycles. The van der Waals surface area contributed by atoms with Gasteiger partial charge in [0.05, 0.1) is 16.1 Å². The third-order valence-electron chi connectivity index (χ3n) is 2.06. The molecular weight excluding hydrogens is 214 g/mol. The fourth-order valence-electron chi connectivity index (χ4n) is 1.26. The Morgan fingerprint density at radius 3 is 1.81 bits per heavy atom. The molecule has 0 saturated heterocycles. The molecule has 0 aliphatic rings. The average molecular weight is 223 g/mol. The van der Waals surface area contributed by atoms with Gasteiger partial charge in [-0.3, -0.25) is 19.7 Å². The van der Waals surface area contributed by atoms with Crippen molar-refractivity contribution >= 4 is 17.3 Å². The molecule has 1 aromatic rings. The van der Waals surface area contributed by atoms with E-state index in [-0.39, 0.29) is 11.1 Å². The summed E-state index contributed by atoms with van der Waals surface area (Å²) in [5.41, 5.74) is -0.841. The number of Topliss-reactive ketones (excluding diaryl/α,β-unsaturated/α-hetero) is 2. The Labute approximate surface area is 90.7 Å². The van der Waals surface area contributed by atoms with Gasteiger partial charge in [-0.15, -0.1) is 0 Å². The zero-order valence-corrected chi connectivity index (χ0v) is 8.68. The number of ketones is 2. The monoisotopic (exact) mass is 223 g/mol. The number of hydrogen-bond donors (Lipinski definition) is 1. The third-order valence-corrected chi connectivity index (χ3v) is 2.06. The van der Waals surface area contributed by atoms with Crippen LogP contribution in [0.2, 0.25) is 0 Å². The number of nitro groups is 1. The van der Waals surface area contributed by atoms with Crippen molar-refractivity contribution in [3.8, 4) is 5.75 Å². The number of nitrogens with zero attached hydrogens (tertiary/aromatic N) is 1. The zero-order valence-electron chi connectivity index (χ0n) is 8.68. The van der Waals surface area contributed by atoms with Crippen molar-refractivity contribution in [2.75, 3.05) is 0 Å². The van der Waals surface area contributed by atoms with Crippen molar-refractivity contribution in [3.05, 3.63) is 33.4 Å². The molecule has 0 aliphatic heterocycles. The van der Waals surface area contributed by atoms with Crippen molar-refractivity contribution in [1.82, 2.24) is 0 Å². The first kappa shape index (κ1) is 11.8. The van der Waals surface area contributed by atoms with Gasteiger partial charge in [0.15, 0.2) is 11.6 Å². The van der Waals surface area contributed by atoms with Gasteiger partial charge in [0.25, 0.3) is 5.69 Å². The first-order chi connectivity index (χ1) is 7.34. The second kappa shape index (κ2) is 4.09. The van der Waals surface area contributed by atoms with Gasteiger partial charge < -0.3 is 5.11 Å². The third kappa shape index (κ3) is 2.05. The summed E-state index contributed by atoms with van der Waals surface area (Å²) in [7, 11) is 0. The summed E-state index contributed by atoms with van der Waals surface area (Å²) in [6.45, 7) is 2.31. The van der Waals surface area contributed by atoms with E-state index < -0.39 is 27.9 Å². The van der Waals surface area contributed by atoms with Crippen LogP contribution in [0.25, 0.3) is 0 Å². The molecule has 0 fully saturated rings. The molecule has 0 aromatic heterocycles. The molecule has 6 heteroatoms. The van der Waals surface area contributed by atoms with E-state index in [1.165, 1.54) is 0 Å². The Hall–Kier alpha value is -2.24. The molecule has 0 amide bonds. The Morgan fingerprint density at radius 1 is 1.19 bits per heavy atom. The Balaban J connectivity index is 3.57. The quantitative estimate of drug-likeness (QED) is 0.477. The van der Waals surface area contributed by atoms with Gasteiger partial charge in [0.1, 0.15) is 5.75 Å². The van der Waals surface area contributed by atoms with Crippen LogP contribution in [0.15, 0.2) is 12.1 Å². The molecule has 0 radical (unpaired) electrons. The molecule has 0 unspecified atom stereocenters. The highest BCUT2D eigenvalue weighted by Gasteiger charge is 2.20. The van der Waals surface area contributed by atoms with Gasteiger partial charge in [0, 0.05) is 12.1 Å². The Kier molecular flexibility index (Phi) is 3.03. The number of phenolic OH excluding ortho intramolecular Hbond substituents is 1. The van der Waals surface area contributed by atoms with Crippen LogP contribution in [-0.4, -0.2) is 21.6 Å².